The Kier molecular flexibility index (Phi) is 4.22. The van der Waals surface area contributed by atoms with Crippen molar-refractivity contribution in [3.8, 4) is 0 Å². The summed E-state index contributed by atoms with van der Waals surface area (Å²) < 4.78 is 0. The molecule has 2 aliphatic rings. The van der Waals surface area contributed by atoms with Gasteiger partial charge in [0.05, 0.1) is 5.92 Å². The van der Waals surface area contributed by atoms with Crippen molar-refractivity contribution in [2.45, 2.75) is 51.5 Å². The van der Waals surface area contributed by atoms with Gasteiger partial charge in [0.25, 0.3) is 0 Å². The Labute approximate surface area is 98.4 Å². The van der Waals surface area contributed by atoms with Gasteiger partial charge in [0, 0.05) is 12.6 Å². The third-order valence-electron chi connectivity index (χ3n) is 4.14. The molecule has 1 heterocycles. The number of carbonyl (C=O) groups excluding carboxylic acids is 1. The monoisotopic (exact) mass is 224 g/mol. The third-order valence-corrected chi connectivity index (χ3v) is 4.14. The van der Waals surface area contributed by atoms with Gasteiger partial charge in [-0.1, -0.05) is 12.8 Å². The number of piperidine rings is 1. The lowest BCUT2D eigenvalue weighted by molar-refractivity contribution is -0.126. The highest BCUT2D eigenvalue weighted by Crippen LogP contribution is 2.27. The molecule has 0 bridgehead atoms. The summed E-state index contributed by atoms with van der Waals surface area (Å²) >= 11 is 0. The van der Waals surface area contributed by atoms with Gasteiger partial charge >= 0.3 is 0 Å². The first-order chi connectivity index (χ1) is 7.77. The van der Waals surface area contributed by atoms with Crippen LogP contribution in [0, 0.1) is 11.8 Å². The van der Waals surface area contributed by atoms with Crippen LogP contribution in [0.2, 0.25) is 0 Å². The number of nitrogens with one attached hydrogen (secondary N) is 2. The molecule has 1 saturated heterocycles. The Morgan fingerprint density at radius 3 is 2.62 bits per heavy atom. The predicted octanol–water partition coefficient (Wildman–Crippen LogP) is 1.68. The zero-order valence-corrected chi connectivity index (χ0v) is 10.3. The minimum atomic E-state index is 0.206. The summed E-state index contributed by atoms with van der Waals surface area (Å²) in [7, 11) is 0. The standard InChI is InChI=1S/C13H24N2O/c1-10(11-5-2-3-6-11)15-13(16)12-7-4-8-14-9-12/h10-12,14H,2-9H2,1H3,(H,15,16)/t10?,12-/m1/s1. The summed E-state index contributed by atoms with van der Waals surface area (Å²) in [5.41, 5.74) is 0. The van der Waals surface area contributed by atoms with E-state index in [1.165, 1.54) is 25.7 Å². The molecule has 92 valence electrons. The highest BCUT2D eigenvalue weighted by Gasteiger charge is 2.26. The molecule has 1 aliphatic carbocycles. The van der Waals surface area contributed by atoms with Crippen LogP contribution >= 0.6 is 0 Å². The van der Waals surface area contributed by atoms with Gasteiger partial charge in [0.2, 0.25) is 5.91 Å². The fourth-order valence-electron chi connectivity index (χ4n) is 2.99. The van der Waals surface area contributed by atoms with Crippen molar-refractivity contribution in [3.05, 3.63) is 0 Å². The maximum atomic E-state index is 12.0. The molecule has 0 aromatic rings. The van der Waals surface area contributed by atoms with Crippen LogP contribution in [-0.4, -0.2) is 25.0 Å². The average Bonchev–Trinajstić information content (AvgIpc) is 2.83. The molecule has 0 aromatic heterocycles. The Morgan fingerprint density at radius 2 is 2.00 bits per heavy atom. The molecule has 3 heteroatoms. The Bertz CT molecular complexity index is 230. The second-order valence-electron chi connectivity index (χ2n) is 5.39. The van der Waals surface area contributed by atoms with E-state index in [4.69, 9.17) is 0 Å². The van der Waals surface area contributed by atoms with E-state index in [-0.39, 0.29) is 11.8 Å². The quantitative estimate of drug-likeness (QED) is 0.766. The molecular formula is C13H24N2O. The van der Waals surface area contributed by atoms with Gasteiger partial charge in [-0.15, -0.1) is 0 Å². The van der Waals surface area contributed by atoms with Crippen molar-refractivity contribution in [1.29, 1.82) is 0 Å². The minimum absolute atomic E-state index is 0.206. The first-order valence-electron chi connectivity index (χ1n) is 6.78. The van der Waals surface area contributed by atoms with Gasteiger partial charge < -0.3 is 10.6 Å². The van der Waals surface area contributed by atoms with E-state index in [1.54, 1.807) is 0 Å². The van der Waals surface area contributed by atoms with E-state index in [9.17, 15) is 4.79 Å². The lowest BCUT2D eigenvalue weighted by Gasteiger charge is -2.26. The van der Waals surface area contributed by atoms with E-state index in [1.807, 2.05) is 0 Å². The van der Waals surface area contributed by atoms with Crippen molar-refractivity contribution >= 4 is 5.91 Å². The van der Waals surface area contributed by atoms with Crippen molar-refractivity contribution in [2.24, 2.45) is 11.8 Å². The maximum Gasteiger partial charge on any atom is 0.224 e. The van der Waals surface area contributed by atoms with Crippen molar-refractivity contribution < 1.29 is 4.79 Å². The Hall–Kier alpha value is -0.570. The molecule has 2 rings (SSSR count). The number of hydrogen-bond acceptors (Lipinski definition) is 2. The number of rotatable bonds is 3. The van der Waals surface area contributed by atoms with Gasteiger partial charge in [-0.2, -0.15) is 0 Å². The topological polar surface area (TPSA) is 41.1 Å². The van der Waals surface area contributed by atoms with Crippen molar-refractivity contribution in [1.82, 2.24) is 10.6 Å². The maximum absolute atomic E-state index is 12.0. The van der Waals surface area contributed by atoms with Crippen molar-refractivity contribution in [2.75, 3.05) is 13.1 Å². The first-order valence-corrected chi connectivity index (χ1v) is 6.78. The number of amides is 1. The van der Waals surface area contributed by atoms with Gasteiger partial charge in [0.15, 0.2) is 0 Å². The van der Waals surface area contributed by atoms with E-state index in [0.29, 0.717) is 6.04 Å². The highest BCUT2D eigenvalue weighted by atomic mass is 16.2. The zero-order valence-electron chi connectivity index (χ0n) is 10.3. The van der Waals surface area contributed by atoms with E-state index < -0.39 is 0 Å². The zero-order chi connectivity index (χ0) is 11.4. The van der Waals surface area contributed by atoms with Crippen LogP contribution in [0.4, 0.5) is 0 Å². The molecular weight excluding hydrogens is 200 g/mol. The van der Waals surface area contributed by atoms with Crippen LogP contribution in [0.25, 0.3) is 0 Å². The normalized spacial score (nSPS) is 28.9. The minimum Gasteiger partial charge on any atom is -0.353 e. The van der Waals surface area contributed by atoms with Crippen LogP contribution in [-0.2, 0) is 4.79 Å². The van der Waals surface area contributed by atoms with Gasteiger partial charge in [-0.05, 0) is 45.1 Å². The van der Waals surface area contributed by atoms with Crippen LogP contribution in [0.5, 0.6) is 0 Å². The molecule has 1 saturated carbocycles. The van der Waals surface area contributed by atoms with Crippen LogP contribution in [0.15, 0.2) is 0 Å². The molecule has 1 aliphatic heterocycles. The van der Waals surface area contributed by atoms with Gasteiger partial charge in [0.1, 0.15) is 0 Å². The van der Waals surface area contributed by atoms with E-state index in [0.717, 1.165) is 31.8 Å². The van der Waals surface area contributed by atoms with Gasteiger partial charge in [-0.3, -0.25) is 4.79 Å². The number of hydrogen-bond donors (Lipinski definition) is 2. The summed E-state index contributed by atoms with van der Waals surface area (Å²) in [6, 6.07) is 0.372. The molecule has 1 unspecified atom stereocenters. The summed E-state index contributed by atoms with van der Waals surface area (Å²) in [5.74, 6) is 1.20. The fourth-order valence-corrected chi connectivity index (χ4v) is 2.99. The highest BCUT2D eigenvalue weighted by molar-refractivity contribution is 5.79. The summed E-state index contributed by atoms with van der Waals surface area (Å²) in [6.45, 7) is 4.11. The molecule has 16 heavy (non-hydrogen) atoms. The fraction of sp³-hybridized carbons (Fsp3) is 0.923. The lowest BCUT2D eigenvalue weighted by Crippen LogP contribution is -2.45. The van der Waals surface area contributed by atoms with Gasteiger partial charge in [-0.25, -0.2) is 0 Å². The lowest BCUT2D eigenvalue weighted by atomic mass is 9.96. The molecule has 2 atom stereocenters. The average molecular weight is 224 g/mol. The summed E-state index contributed by atoms with van der Waals surface area (Å²) in [6.07, 6.45) is 7.46. The largest absolute Gasteiger partial charge is 0.353 e. The second-order valence-corrected chi connectivity index (χ2v) is 5.39. The molecule has 1 amide bonds. The van der Waals surface area contributed by atoms with E-state index >= 15 is 0 Å². The number of carbonyl (C=O) groups is 1. The first kappa shape index (κ1) is 11.9. The molecule has 0 spiro atoms. The summed E-state index contributed by atoms with van der Waals surface area (Å²) in [4.78, 5) is 12.0. The second kappa shape index (κ2) is 5.67. The Morgan fingerprint density at radius 1 is 1.25 bits per heavy atom. The van der Waals surface area contributed by atoms with E-state index in [2.05, 4.69) is 17.6 Å². The van der Waals surface area contributed by atoms with Crippen LogP contribution < -0.4 is 10.6 Å². The van der Waals surface area contributed by atoms with Crippen LogP contribution in [0.1, 0.15) is 45.4 Å². The van der Waals surface area contributed by atoms with Crippen LogP contribution in [0.3, 0.4) is 0 Å². The predicted molar refractivity (Wildman–Crippen MR) is 65.2 cm³/mol. The van der Waals surface area contributed by atoms with Crippen molar-refractivity contribution in [3.63, 3.8) is 0 Å². The molecule has 0 aromatic carbocycles. The summed E-state index contributed by atoms with van der Waals surface area (Å²) in [5, 5.41) is 6.51. The molecule has 0 radical (unpaired) electrons. The molecule has 3 nitrogen and oxygen atoms in total. The SMILES string of the molecule is CC(NC(=O)[C@@H]1CCCNC1)C1CCCC1. The molecule has 2 N–H and O–H groups in total. The smallest absolute Gasteiger partial charge is 0.224 e. The molecule has 2 fully saturated rings. The Balaban J connectivity index is 1.76. The third kappa shape index (κ3) is 2.97.